The molecule has 2 amide bonds. The van der Waals surface area contributed by atoms with Crippen LogP contribution >= 0.6 is 11.8 Å². The van der Waals surface area contributed by atoms with Crippen molar-refractivity contribution in [1.29, 1.82) is 0 Å². The standard InChI is InChI=1S/C29H31FN2O3S/c1-36-26-17-11-22(12-18-26)20-27(24-13-15-25(30)16-14-24)29(34)31-19-7-3-6-10-28(33)32-35-21-23-8-4-2-5-9-23/h2,4-5,8-9,11-18,20H,3,6-7,10,19,21H2,1H3,(H,31,34)(H,32,33)/b27-20-. The van der Waals surface area contributed by atoms with Crippen LogP contribution in [0.5, 0.6) is 0 Å². The Morgan fingerprint density at radius 3 is 2.33 bits per heavy atom. The molecule has 2 N–H and O–H groups in total. The average Bonchev–Trinajstić information content (AvgIpc) is 2.90. The van der Waals surface area contributed by atoms with Crippen molar-refractivity contribution in [3.63, 3.8) is 0 Å². The first-order valence-corrected chi connectivity index (χ1v) is 13.1. The Bertz CT molecular complexity index is 1130. The highest BCUT2D eigenvalue weighted by Crippen LogP contribution is 2.21. The normalized spacial score (nSPS) is 11.2. The number of carbonyl (C=O) groups is 2. The fourth-order valence-electron chi connectivity index (χ4n) is 3.49. The van der Waals surface area contributed by atoms with Crippen LogP contribution in [0.4, 0.5) is 4.39 Å². The highest BCUT2D eigenvalue weighted by atomic mass is 32.2. The van der Waals surface area contributed by atoms with E-state index < -0.39 is 0 Å². The van der Waals surface area contributed by atoms with Crippen molar-refractivity contribution in [2.24, 2.45) is 0 Å². The van der Waals surface area contributed by atoms with Crippen LogP contribution in [0.25, 0.3) is 11.6 Å². The van der Waals surface area contributed by atoms with E-state index in [1.807, 2.05) is 66.9 Å². The van der Waals surface area contributed by atoms with E-state index in [0.29, 0.717) is 37.1 Å². The molecule has 188 valence electrons. The maximum Gasteiger partial charge on any atom is 0.251 e. The first kappa shape index (κ1) is 27.2. The molecule has 3 aromatic carbocycles. The topological polar surface area (TPSA) is 67.4 Å². The minimum absolute atomic E-state index is 0.163. The molecule has 0 aromatic heterocycles. The number of carbonyl (C=O) groups excluding carboxylic acids is 2. The van der Waals surface area contributed by atoms with Gasteiger partial charge in [0.15, 0.2) is 0 Å². The van der Waals surface area contributed by atoms with E-state index in [1.54, 1.807) is 23.9 Å². The zero-order chi connectivity index (χ0) is 25.6. The molecule has 0 saturated heterocycles. The molecule has 0 fully saturated rings. The molecule has 3 aromatic rings. The lowest BCUT2D eigenvalue weighted by Gasteiger charge is -2.10. The number of rotatable bonds is 13. The molecule has 0 aliphatic rings. The van der Waals surface area contributed by atoms with Crippen molar-refractivity contribution in [3.8, 4) is 0 Å². The lowest BCUT2D eigenvalue weighted by molar-refractivity contribution is -0.134. The molecule has 5 nitrogen and oxygen atoms in total. The van der Waals surface area contributed by atoms with Gasteiger partial charge in [-0.2, -0.15) is 0 Å². The Hall–Kier alpha value is -3.42. The summed E-state index contributed by atoms with van der Waals surface area (Å²) in [6.45, 7) is 0.805. The van der Waals surface area contributed by atoms with Gasteiger partial charge in [0.1, 0.15) is 5.82 Å². The number of unbranched alkanes of at least 4 members (excludes halogenated alkanes) is 2. The van der Waals surface area contributed by atoms with Crippen LogP contribution in [0.15, 0.2) is 83.8 Å². The fraction of sp³-hybridized carbons (Fsp3) is 0.241. The van der Waals surface area contributed by atoms with Crippen LogP contribution in [0, 0.1) is 5.82 Å². The second kappa shape index (κ2) is 14.9. The second-order valence-electron chi connectivity index (χ2n) is 8.20. The maximum absolute atomic E-state index is 13.4. The number of benzene rings is 3. The zero-order valence-corrected chi connectivity index (χ0v) is 21.2. The number of hydroxylamine groups is 1. The van der Waals surface area contributed by atoms with Gasteiger partial charge in [0.25, 0.3) is 5.91 Å². The maximum atomic E-state index is 13.4. The number of hydrogen-bond acceptors (Lipinski definition) is 4. The molecule has 0 atom stereocenters. The van der Waals surface area contributed by atoms with Gasteiger partial charge in [0.2, 0.25) is 5.91 Å². The van der Waals surface area contributed by atoms with Gasteiger partial charge in [0, 0.05) is 23.4 Å². The molecular formula is C29H31FN2O3S. The van der Waals surface area contributed by atoms with Crippen LogP contribution < -0.4 is 10.8 Å². The largest absolute Gasteiger partial charge is 0.352 e. The van der Waals surface area contributed by atoms with E-state index in [0.717, 1.165) is 28.9 Å². The Morgan fingerprint density at radius 2 is 1.64 bits per heavy atom. The molecule has 0 bridgehead atoms. The summed E-state index contributed by atoms with van der Waals surface area (Å²) in [6.07, 6.45) is 6.40. The van der Waals surface area contributed by atoms with Crippen LogP contribution in [-0.4, -0.2) is 24.6 Å². The van der Waals surface area contributed by atoms with E-state index in [4.69, 9.17) is 4.84 Å². The average molecular weight is 507 g/mol. The molecule has 0 heterocycles. The van der Waals surface area contributed by atoms with Crippen molar-refractivity contribution >= 4 is 35.2 Å². The second-order valence-corrected chi connectivity index (χ2v) is 9.08. The quantitative estimate of drug-likeness (QED) is 0.0979. The fourth-order valence-corrected chi connectivity index (χ4v) is 3.89. The van der Waals surface area contributed by atoms with Crippen molar-refractivity contribution in [2.75, 3.05) is 12.8 Å². The third-order valence-electron chi connectivity index (χ3n) is 5.46. The SMILES string of the molecule is CSc1ccc(/C=C(\C(=O)NCCCCCC(=O)NOCc2ccccc2)c2ccc(F)cc2)cc1. The van der Waals surface area contributed by atoms with Gasteiger partial charge >= 0.3 is 0 Å². The summed E-state index contributed by atoms with van der Waals surface area (Å²) in [4.78, 5) is 31.3. The molecular weight excluding hydrogens is 475 g/mol. The molecule has 36 heavy (non-hydrogen) atoms. The first-order chi connectivity index (χ1) is 17.5. The van der Waals surface area contributed by atoms with Gasteiger partial charge in [-0.3, -0.25) is 14.4 Å². The summed E-state index contributed by atoms with van der Waals surface area (Å²) >= 11 is 1.65. The summed E-state index contributed by atoms with van der Waals surface area (Å²) in [5.74, 6) is -0.732. The highest BCUT2D eigenvalue weighted by molar-refractivity contribution is 7.98. The summed E-state index contributed by atoms with van der Waals surface area (Å²) in [6, 6.07) is 23.4. The number of thioether (sulfide) groups is 1. The van der Waals surface area contributed by atoms with Gasteiger partial charge in [-0.05, 0) is 66.1 Å². The Morgan fingerprint density at radius 1 is 0.917 bits per heavy atom. The molecule has 7 heteroatoms. The van der Waals surface area contributed by atoms with E-state index >= 15 is 0 Å². The number of nitrogens with one attached hydrogen (secondary N) is 2. The number of halogens is 1. The summed E-state index contributed by atoms with van der Waals surface area (Å²) in [7, 11) is 0. The summed E-state index contributed by atoms with van der Waals surface area (Å²) in [5.41, 5.74) is 5.46. The van der Waals surface area contributed by atoms with E-state index in [-0.39, 0.29) is 17.6 Å². The Balaban J connectivity index is 1.43. The van der Waals surface area contributed by atoms with Gasteiger partial charge in [0.05, 0.1) is 6.61 Å². The van der Waals surface area contributed by atoms with Crippen molar-refractivity contribution in [3.05, 3.63) is 101 Å². The summed E-state index contributed by atoms with van der Waals surface area (Å²) < 4.78 is 13.4. The minimum Gasteiger partial charge on any atom is -0.352 e. The van der Waals surface area contributed by atoms with Gasteiger partial charge in [-0.15, -0.1) is 11.8 Å². The monoisotopic (exact) mass is 506 g/mol. The highest BCUT2D eigenvalue weighted by Gasteiger charge is 2.12. The van der Waals surface area contributed by atoms with E-state index in [2.05, 4.69) is 10.8 Å². The van der Waals surface area contributed by atoms with Crippen LogP contribution in [-0.2, 0) is 21.0 Å². The first-order valence-electron chi connectivity index (χ1n) is 11.9. The summed E-state index contributed by atoms with van der Waals surface area (Å²) in [5, 5.41) is 2.95. The van der Waals surface area contributed by atoms with Gasteiger partial charge < -0.3 is 5.32 Å². The van der Waals surface area contributed by atoms with E-state index in [9.17, 15) is 14.0 Å². The van der Waals surface area contributed by atoms with Gasteiger partial charge in [-0.1, -0.05) is 61.0 Å². The lowest BCUT2D eigenvalue weighted by atomic mass is 10.0. The molecule has 0 aliphatic carbocycles. The number of amides is 2. The van der Waals surface area contributed by atoms with Crippen LogP contribution in [0.3, 0.4) is 0 Å². The van der Waals surface area contributed by atoms with Crippen LogP contribution in [0.1, 0.15) is 42.4 Å². The zero-order valence-electron chi connectivity index (χ0n) is 20.3. The van der Waals surface area contributed by atoms with E-state index in [1.165, 1.54) is 12.1 Å². The molecule has 0 radical (unpaired) electrons. The van der Waals surface area contributed by atoms with Crippen molar-refractivity contribution < 1.29 is 18.8 Å². The van der Waals surface area contributed by atoms with Gasteiger partial charge in [-0.25, -0.2) is 9.87 Å². The smallest absolute Gasteiger partial charge is 0.251 e. The Labute approximate surface area is 216 Å². The predicted molar refractivity (Wildman–Crippen MR) is 143 cm³/mol. The van der Waals surface area contributed by atoms with Crippen molar-refractivity contribution in [2.45, 2.75) is 37.2 Å². The van der Waals surface area contributed by atoms with Crippen molar-refractivity contribution in [1.82, 2.24) is 10.8 Å². The molecule has 3 rings (SSSR count). The minimum atomic E-state index is -0.350. The molecule has 0 aliphatic heterocycles. The molecule has 0 unspecified atom stereocenters. The number of hydrogen-bond donors (Lipinski definition) is 2. The molecule has 0 spiro atoms. The lowest BCUT2D eigenvalue weighted by Crippen LogP contribution is -2.25. The molecule has 0 saturated carbocycles. The third-order valence-corrected chi connectivity index (χ3v) is 6.20. The van der Waals surface area contributed by atoms with Crippen LogP contribution in [0.2, 0.25) is 0 Å². The Kier molecular flexibility index (Phi) is 11.2. The third kappa shape index (κ3) is 9.32. The predicted octanol–water partition coefficient (Wildman–Crippen LogP) is 6.01.